The molecule has 1 amide bonds. The van der Waals surface area contributed by atoms with E-state index >= 15 is 0 Å². The monoisotopic (exact) mass is 165 g/mol. The number of carbonyl (C=O) groups excluding carboxylic acids is 1. The van der Waals surface area contributed by atoms with Crippen LogP contribution in [-0.4, -0.2) is 22.5 Å². The maximum atomic E-state index is 11.0. The van der Waals surface area contributed by atoms with Gasteiger partial charge in [-0.2, -0.15) is 0 Å². The van der Waals surface area contributed by atoms with Crippen LogP contribution in [0.3, 0.4) is 0 Å². The minimum absolute atomic E-state index is 0.0415. The third-order valence-electron chi connectivity index (χ3n) is 1.06. The van der Waals surface area contributed by atoms with Crippen molar-refractivity contribution < 1.29 is 9.63 Å². The number of rotatable bonds is 3. The lowest BCUT2D eigenvalue weighted by molar-refractivity contribution is 0.0433. The summed E-state index contributed by atoms with van der Waals surface area (Å²) in [6, 6.07) is 0. The van der Waals surface area contributed by atoms with Crippen molar-refractivity contribution in [1.29, 1.82) is 0 Å². The Balaban J connectivity index is 2.36. The van der Waals surface area contributed by atoms with Gasteiger partial charge in [-0.25, -0.2) is 10.5 Å². The molecule has 0 fully saturated rings. The first-order valence-corrected chi connectivity index (χ1v) is 3.18. The number of amides is 1. The van der Waals surface area contributed by atoms with Gasteiger partial charge in [-0.05, 0) is 0 Å². The second-order valence-electron chi connectivity index (χ2n) is 1.89. The fraction of sp³-hybridized carbons (Fsp3) is 0.143. The molecule has 0 aliphatic heterocycles. The predicted octanol–water partition coefficient (Wildman–Crippen LogP) is -0.296. The van der Waals surface area contributed by atoms with Crippen molar-refractivity contribution in [2.24, 2.45) is 0 Å². The highest BCUT2D eigenvalue weighted by atomic mass is 16.6. The third-order valence-corrected chi connectivity index (χ3v) is 1.06. The highest BCUT2D eigenvalue weighted by Gasteiger charge is 2.04. The first-order chi connectivity index (χ1) is 5.84. The molecule has 0 spiro atoms. The van der Waals surface area contributed by atoms with Gasteiger partial charge in [0.05, 0.1) is 12.5 Å². The van der Waals surface area contributed by atoms with Crippen LogP contribution in [0.25, 0.3) is 0 Å². The highest BCUT2D eigenvalue weighted by Crippen LogP contribution is 1.89. The van der Waals surface area contributed by atoms with E-state index in [2.05, 4.69) is 26.2 Å². The molecule has 1 aromatic heterocycles. The number of hydroxylamine groups is 1. The summed E-state index contributed by atoms with van der Waals surface area (Å²) in [7, 11) is 0. The fourth-order valence-corrected chi connectivity index (χ4v) is 0.578. The minimum atomic E-state index is -0.400. The molecule has 0 aliphatic carbocycles. The second-order valence-corrected chi connectivity index (χ2v) is 1.89. The lowest BCUT2D eigenvalue weighted by Crippen LogP contribution is -2.24. The van der Waals surface area contributed by atoms with Gasteiger partial charge in [0, 0.05) is 0 Å². The molecule has 1 rings (SSSR count). The number of nitrogens with one attached hydrogen (secondary N) is 2. The van der Waals surface area contributed by atoms with E-state index in [1.165, 1.54) is 12.5 Å². The molecule has 0 aromatic carbocycles. The number of aromatic nitrogens is 2. The summed E-state index contributed by atoms with van der Waals surface area (Å²) in [4.78, 5) is 21.9. The molecule has 5 nitrogen and oxygen atoms in total. The van der Waals surface area contributed by atoms with Crippen LogP contribution in [0.2, 0.25) is 0 Å². The molecule has 2 N–H and O–H groups in total. The Morgan fingerprint density at radius 2 is 2.75 bits per heavy atom. The van der Waals surface area contributed by atoms with Crippen molar-refractivity contribution in [2.75, 3.05) is 6.61 Å². The van der Waals surface area contributed by atoms with Gasteiger partial charge in [-0.15, -0.1) is 6.42 Å². The number of carbonyl (C=O) groups is 1. The smallest absolute Gasteiger partial charge is 0.292 e. The van der Waals surface area contributed by atoms with Crippen LogP contribution in [0.1, 0.15) is 10.5 Å². The summed E-state index contributed by atoms with van der Waals surface area (Å²) in [6.07, 6.45) is 7.67. The Kier molecular flexibility index (Phi) is 2.87. The van der Waals surface area contributed by atoms with Gasteiger partial charge in [0.15, 0.2) is 0 Å². The van der Waals surface area contributed by atoms with Gasteiger partial charge < -0.3 is 4.98 Å². The first kappa shape index (κ1) is 8.30. The van der Waals surface area contributed by atoms with Gasteiger partial charge in [-0.1, -0.05) is 5.92 Å². The summed E-state index contributed by atoms with van der Waals surface area (Å²) in [5.41, 5.74) is 2.46. The summed E-state index contributed by atoms with van der Waals surface area (Å²) >= 11 is 0. The zero-order valence-corrected chi connectivity index (χ0v) is 6.20. The topological polar surface area (TPSA) is 67.0 Å². The van der Waals surface area contributed by atoms with Crippen molar-refractivity contribution >= 4 is 5.91 Å². The van der Waals surface area contributed by atoms with Crippen molar-refractivity contribution in [3.8, 4) is 12.3 Å². The highest BCUT2D eigenvalue weighted by molar-refractivity contribution is 5.91. The zero-order chi connectivity index (χ0) is 8.81. The molecule has 0 saturated carbocycles. The van der Waals surface area contributed by atoms with Gasteiger partial charge >= 0.3 is 0 Å². The van der Waals surface area contributed by atoms with Crippen molar-refractivity contribution in [2.45, 2.75) is 0 Å². The van der Waals surface area contributed by atoms with Crippen LogP contribution in [0, 0.1) is 12.3 Å². The van der Waals surface area contributed by atoms with E-state index in [1.807, 2.05) is 0 Å². The molecule has 0 saturated heterocycles. The number of H-pyrrole nitrogens is 1. The lowest BCUT2D eigenvalue weighted by atomic mass is 10.5. The molecule has 0 atom stereocenters. The average molecular weight is 165 g/mol. The SMILES string of the molecule is C#CCONC(=O)c1cnc[nH]1. The molecule has 0 radical (unpaired) electrons. The summed E-state index contributed by atoms with van der Waals surface area (Å²) in [6.45, 7) is 0.0415. The number of imidazole rings is 1. The maximum absolute atomic E-state index is 11.0. The molecule has 5 heteroatoms. The first-order valence-electron chi connectivity index (χ1n) is 3.18. The van der Waals surface area contributed by atoms with Gasteiger partial charge in [0.25, 0.3) is 5.91 Å². The van der Waals surface area contributed by atoms with E-state index in [1.54, 1.807) is 0 Å². The zero-order valence-electron chi connectivity index (χ0n) is 6.20. The molecule has 12 heavy (non-hydrogen) atoms. The number of nitrogens with zero attached hydrogens (tertiary/aromatic N) is 1. The van der Waals surface area contributed by atoms with E-state index < -0.39 is 5.91 Å². The van der Waals surface area contributed by atoms with E-state index in [0.29, 0.717) is 5.69 Å². The summed E-state index contributed by atoms with van der Waals surface area (Å²) in [5, 5.41) is 0. The van der Waals surface area contributed by atoms with Crippen LogP contribution in [-0.2, 0) is 4.84 Å². The third kappa shape index (κ3) is 2.11. The quantitative estimate of drug-likeness (QED) is 0.367. The van der Waals surface area contributed by atoms with Crippen LogP contribution in [0.5, 0.6) is 0 Å². The largest absolute Gasteiger partial charge is 0.341 e. The van der Waals surface area contributed by atoms with Gasteiger partial charge in [-0.3, -0.25) is 9.63 Å². The van der Waals surface area contributed by atoms with Crippen LogP contribution in [0.4, 0.5) is 0 Å². The van der Waals surface area contributed by atoms with Crippen LogP contribution in [0.15, 0.2) is 12.5 Å². The number of terminal acetylenes is 1. The van der Waals surface area contributed by atoms with E-state index in [-0.39, 0.29) is 6.61 Å². The van der Waals surface area contributed by atoms with E-state index in [4.69, 9.17) is 6.42 Å². The van der Waals surface area contributed by atoms with Crippen LogP contribution >= 0.6 is 0 Å². The molecule has 0 unspecified atom stereocenters. The summed E-state index contributed by atoms with van der Waals surface area (Å²) < 4.78 is 0. The standard InChI is InChI=1S/C7H7N3O2/c1-2-3-12-10-7(11)6-4-8-5-9-6/h1,4-5H,3H2,(H,8,9)(H,10,11). The van der Waals surface area contributed by atoms with E-state index in [0.717, 1.165) is 0 Å². The Labute approximate surface area is 69.1 Å². The number of aromatic amines is 1. The van der Waals surface area contributed by atoms with Crippen LogP contribution < -0.4 is 5.48 Å². The molecule has 1 heterocycles. The average Bonchev–Trinajstić information content (AvgIpc) is 2.56. The van der Waals surface area contributed by atoms with E-state index in [9.17, 15) is 4.79 Å². The molecular formula is C7H7N3O2. The molecule has 1 aromatic rings. The Hall–Kier alpha value is -1.80. The van der Waals surface area contributed by atoms with Crippen molar-refractivity contribution in [3.05, 3.63) is 18.2 Å². The minimum Gasteiger partial charge on any atom is -0.341 e. The maximum Gasteiger partial charge on any atom is 0.292 e. The molecular weight excluding hydrogens is 158 g/mol. The number of hydrogen-bond acceptors (Lipinski definition) is 3. The van der Waals surface area contributed by atoms with Crippen molar-refractivity contribution in [3.63, 3.8) is 0 Å². The normalized spacial score (nSPS) is 8.92. The van der Waals surface area contributed by atoms with Gasteiger partial charge in [0.1, 0.15) is 12.3 Å². The van der Waals surface area contributed by atoms with Crippen molar-refractivity contribution in [1.82, 2.24) is 15.4 Å². The predicted molar refractivity (Wildman–Crippen MR) is 40.8 cm³/mol. The second kappa shape index (κ2) is 4.16. The fourth-order valence-electron chi connectivity index (χ4n) is 0.578. The molecule has 0 bridgehead atoms. The molecule has 0 aliphatic rings. The Bertz CT molecular complexity index is 286. The lowest BCUT2D eigenvalue weighted by Gasteiger charge is -1.99. The van der Waals surface area contributed by atoms with Gasteiger partial charge in [0.2, 0.25) is 0 Å². The molecule has 62 valence electrons. The summed E-state index contributed by atoms with van der Waals surface area (Å²) in [5.74, 6) is 1.81. The Morgan fingerprint density at radius 3 is 3.33 bits per heavy atom. The number of hydrogen-bond donors (Lipinski definition) is 2. The Morgan fingerprint density at radius 1 is 1.92 bits per heavy atom.